The number of nitrogen functional groups attached to an aromatic ring is 1. The first kappa shape index (κ1) is 12.8. The van der Waals surface area contributed by atoms with Crippen LogP contribution in [0.1, 0.15) is 5.56 Å². The molecule has 0 atom stereocenters. The summed E-state index contributed by atoms with van der Waals surface area (Å²) in [5.41, 5.74) is 7.35. The van der Waals surface area contributed by atoms with E-state index in [1.807, 2.05) is 42.5 Å². The highest BCUT2D eigenvalue weighted by Crippen LogP contribution is 2.30. The highest BCUT2D eigenvalue weighted by atomic mass is 35.5. The summed E-state index contributed by atoms with van der Waals surface area (Å²) in [5, 5.41) is 9.45. The lowest BCUT2D eigenvalue weighted by atomic mass is 10.1. The summed E-state index contributed by atoms with van der Waals surface area (Å²) >= 11 is 7.46. The van der Waals surface area contributed by atoms with Crippen LogP contribution in [0.5, 0.6) is 0 Å². The molecule has 2 N–H and O–H groups in total. The van der Waals surface area contributed by atoms with Crippen LogP contribution in [0, 0.1) is 11.3 Å². The van der Waals surface area contributed by atoms with E-state index in [-0.39, 0.29) is 0 Å². The van der Waals surface area contributed by atoms with E-state index in [9.17, 15) is 0 Å². The van der Waals surface area contributed by atoms with Crippen molar-refractivity contribution in [2.75, 3.05) is 5.73 Å². The molecule has 0 radical (unpaired) electrons. The molecule has 0 heterocycles. The first-order valence-electron chi connectivity index (χ1n) is 5.38. The summed E-state index contributed by atoms with van der Waals surface area (Å²) in [5.74, 6) is 0. The minimum absolute atomic E-state index is 0.334. The number of anilines is 1. The van der Waals surface area contributed by atoms with Crippen molar-refractivity contribution >= 4 is 29.1 Å². The van der Waals surface area contributed by atoms with Gasteiger partial charge in [-0.2, -0.15) is 5.26 Å². The molecule has 0 aromatic heterocycles. The molecule has 18 heavy (non-hydrogen) atoms. The van der Waals surface area contributed by atoms with Crippen molar-refractivity contribution in [1.82, 2.24) is 0 Å². The zero-order valence-electron chi connectivity index (χ0n) is 9.56. The maximum absolute atomic E-state index is 8.73. The van der Waals surface area contributed by atoms with E-state index in [4.69, 9.17) is 22.6 Å². The molecule has 0 aliphatic rings. The van der Waals surface area contributed by atoms with Gasteiger partial charge < -0.3 is 5.73 Å². The van der Waals surface area contributed by atoms with Gasteiger partial charge in [-0.15, -0.1) is 0 Å². The Bertz CT molecular complexity index is 588. The van der Waals surface area contributed by atoms with E-state index in [1.165, 1.54) is 0 Å². The third-order valence-electron chi connectivity index (χ3n) is 2.43. The van der Waals surface area contributed by atoms with Crippen molar-refractivity contribution < 1.29 is 0 Å². The molecule has 2 aromatic carbocycles. The number of rotatable bonds is 3. The van der Waals surface area contributed by atoms with E-state index < -0.39 is 0 Å². The molecule has 0 fully saturated rings. The quantitative estimate of drug-likeness (QED) is 0.856. The lowest BCUT2D eigenvalue weighted by molar-refractivity contribution is 1.23. The first-order chi connectivity index (χ1) is 8.69. The Labute approximate surface area is 115 Å². The molecule has 2 rings (SSSR count). The average Bonchev–Trinajstić information content (AvgIpc) is 2.37. The van der Waals surface area contributed by atoms with E-state index in [0.717, 1.165) is 20.4 Å². The molecule has 90 valence electrons. The van der Waals surface area contributed by atoms with Gasteiger partial charge in [0.15, 0.2) is 0 Å². The van der Waals surface area contributed by atoms with E-state index in [0.29, 0.717) is 12.1 Å². The summed E-state index contributed by atoms with van der Waals surface area (Å²) in [6, 6.07) is 15.5. The maximum Gasteiger partial charge on any atom is 0.0670 e. The predicted molar refractivity (Wildman–Crippen MR) is 75.7 cm³/mol. The van der Waals surface area contributed by atoms with Crippen molar-refractivity contribution in [2.45, 2.75) is 16.2 Å². The molecule has 4 heteroatoms. The second-order valence-electron chi connectivity index (χ2n) is 3.75. The Balaban J connectivity index is 2.22. The van der Waals surface area contributed by atoms with Crippen molar-refractivity contribution in [3.63, 3.8) is 0 Å². The van der Waals surface area contributed by atoms with Gasteiger partial charge in [-0.1, -0.05) is 23.4 Å². The number of nitriles is 1. The van der Waals surface area contributed by atoms with Gasteiger partial charge in [0.1, 0.15) is 0 Å². The molecular weight excluding hydrogens is 264 g/mol. The normalized spacial score (nSPS) is 10.0. The number of nitrogens with zero attached hydrogens (tertiary/aromatic N) is 1. The van der Waals surface area contributed by atoms with E-state index in [1.54, 1.807) is 11.8 Å². The molecular formula is C14H11ClN2S. The van der Waals surface area contributed by atoms with Crippen LogP contribution in [-0.2, 0) is 6.42 Å². The van der Waals surface area contributed by atoms with Crippen molar-refractivity contribution in [3.05, 3.63) is 53.1 Å². The number of halogens is 1. The molecule has 0 amide bonds. The Morgan fingerprint density at radius 2 is 1.78 bits per heavy atom. The van der Waals surface area contributed by atoms with Gasteiger partial charge in [0.2, 0.25) is 0 Å². The topological polar surface area (TPSA) is 49.8 Å². The third-order valence-corrected chi connectivity index (χ3v) is 3.68. The minimum Gasteiger partial charge on any atom is -0.398 e. The monoisotopic (exact) mass is 274 g/mol. The smallest absolute Gasteiger partial charge is 0.0670 e. The van der Waals surface area contributed by atoms with Gasteiger partial charge in [0, 0.05) is 20.5 Å². The van der Waals surface area contributed by atoms with Crippen molar-refractivity contribution in [3.8, 4) is 6.07 Å². The zero-order chi connectivity index (χ0) is 13.0. The van der Waals surface area contributed by atoms with Crippen LogP contribution in [0.4, 0.5) is 5.69 Å². The molecule has 0 saturated carbocycles. The molecule has 0 spiro atoms. The average molecular weight is 275 g/mol. The van der Waals surface area contributed by atoms with Gasteiger partial charge in [-0.3, -0.25) is 0 Å². The van der Waals surface area contributed by atoms with Crippen LogP contribution >= 0.6 is 23.4 Å². The fourth-order valence-electron chi connectivity index (χ4n) is 1.52. The molecule has 0 saturated heterocycles. The number of nitrogens with two attached hydrogens (primary N) is 1. The van der Waals surface area contributed by atoms with Gasteiger partial charge in [-0.05, 0) is 48.0 Å². The summed E-state index contributed by atoms with van der Waals surface area (Å²) < 4.78 is 0. The van der Waals surface area contributed by atoms with Crippen LogP contribution in [0.2, 0.25) is 5.02 Å². The number of benzene rings is 2. The van der Waals surface area contributed by atoms with Gasteiger partial charge in [-0.25, -0.2) is 0 Å². The number of hydrogen-bond acceptors (Lipinski definition) is 3. The summed E-state index contributed by atoms with van der Waals surface area (Å²) in [4.78, 5) is 2.17. The first-order valence-corrected chi connectivity index (χ1v) is 6.57. The SMILES string of the molecule is N#CCc1cc(Sc2ccc(Cl)cc2)ccc1N. The van der Waals surface area contributed by atoms with Crippen molar-refractivity contribution in [1.29, 1.82) is 5.26 Å². The lowest BCUT2D eigenvalue weighted by Crippen LogP contribution is -1.93. The summed E-state index contributed by atoms with van der Waals surface area (Å²) in [7, 11) is 0. The van der Waals surface area contributed by atoms with Gasteiger partial charge in [0.25, 0.3) is 0 Å². The van der Waals surface area contributed by atoms with Crippen LogP contribution < -0.4 is 5.73 Å². The lowest BCUT2D eigenvalue weighted by Gasteiger charge is -2.06. The maximum atomic E-state index is 8.73. The summed E-state index contributed by atoms with van der Waals surface area (Å²) in [6.45, 7) is 0. The van der Waals surface area contributed by atoms with Gasteiger partial charge in [0.05, 0.1) is 12.5 Å². The molecule has 0 aliphatic carbocycles. The Hall–Kier alpha value is -1.63. The standard InChI is InChI=1S/C14H11ClN2S/c15-11-1-3-12(4-2-11)18-13-5-6-14(17)10(9-13)7-8-16/h1-6,9H,7,17H2. The van der Waals surface area contributed by atoms with Crippen LogP contribution in [-0.4, -0.2) is 0 Å². The third kappa shape index (κ3) is 3.19. The Morgan fingerprint density at radius 1 is 1.11 bits per heavy atom. The molecule has 2 nitrogen and oxygen atoms in total. The number of hydrogen-bond donors (Lipinski definition) is 1. The van der Waals surface area contributed by atoms with E-state index in [2.05, 4.69) is 6.07 Å². The highest BCUT2D eigenvalue weighted by Gasteiger charge is 2.03. The molecule has 2 aromatic rings. The fourth-order valence-corrected chi connectivity index (χ4v) is 2.53. The minimum atomic E-state index is 0.334. The van der Waals surface area contributed by atoms with Crippen molar-refractivity contribution in [2.24, 2.45) is 0 Å². The predicted octanol–water partition coefficient (Wildman–Crippen LogP) is 4.14. The fraction of sp³-hybridized carbons (Fsp3) is 0.0714. The zero-order valence-corrected chi connectivity index (χ0v) is 11.1. The molecule has 0 unspecified atom stereocenters. The molecule has 0 aliphatic heterocycles. The summed E-state index contributed by atoms with van der Waals surface area (Å²) in [6.07, 6.45) is 0.334. The Morgan fingerprint density at radius 3 is 2.44 bits per heavy atom. The largest absolute Gasteiger partial charge is 0.398 e. The molecule has 0 bridgehead atoms. The van der Waals surface area contributed by atoms with E-state index >= 15 is 0 Å². The Kier molecular flexibility index (Phi) is 4.14. The van der Waals surface area contributed by atoms with Gasteiger partial charge >= 0.3 is 0 Å². The van der Waals surface area contributed by atoms with Crippen LogP contribution in [0.25, 0.3) is 0 Å². The van der Waals surface area contributed by atoms with Crippen LogP contribution in [0.15, 0.2) is 52.3 Å². The van der Waals surface area contributed by atoms with Crippen LogP contribution in [0.3, 0.4) is 0 Å². The second-order valence-corrected chi connectivity index (χ2v) is 5.33. The second kappa shape index (κ2) is 5.81. The highest BCUT2D eigenvalue weighted by molar-refractivity contribution is 7.99.